The average molecular weight is 1670 g/mol. The fourth-order valence-electron chi connectivity index (χ4n) is 11.2. The van der Waals surface area contributed by atoms with Gasteiger partial charge in [-0.05, 0) is 200 Å². The van der Waals surface area contributed by atoms with E-state index in [1.165, 1.54) is 61.4 Å². The molecule has 0 aliphatic rings. The van der Waals surface area contributed by atoms with E-state index in [-0.39, 0.29) is 116 Å². The van der Waals surface area contributed by atoms with Crippen LogP contribution in [-0.4, -0.2) is 116 Å². The predicted molar refractivity (Wildman–Crippen MR) is 462 cm³/mol. The molecule has 4 aromatic heterocycles. The number of nitrogens with one attached hydrogen (secondary N) is 8. The van der Waals surface area contributed by atoms with Gasteiger partial charge in [0.25, 0.3) is 17.7 Å². The number of alkyl halides is 3. The first-order chi connectivity index (χ1) is 51.7. The Morgan fingerprint density at radius 3 is 1.03 bits per heavy atom. The van der Waals surface area contributed by atoms with Gasteiger partial charge < -0.3 is 93.4 Å². The molecule has 12 rings (SSSR count). The molecule has 0 spiro atoms. The molecule has 0 saturated carbocycles. The maximum Gasteiger partial charge on any atom is 0.407 e. The maximum absolute atomic E-state index is 13.2. The van der Waals surface area contributed by atoms with E-state index in [9.17, 15) is 41.5 Å². The van der Waals surface area contributed by atoms with Gasteiger partial charge in [0, 0.05) is 82.1 Å². The van der Waals surface area contributed by atoms with E-state index < -0.39 is 17.7 Å². The summed E-state index contributed by atoms with van der Waals surface area (Å²) >= 11 is 17.8. The summed E-state index contributed by atoms with van der Waals surface area (Å²) in [7, 11) is 0. The van der Waals surface area contributed by atoms with E-state index in [1.807, 2.05) is 113 Å². The second-order valence-electron chi connectivity index (χ2n) is 27.2. The largest absolute Gasteiger partial charge is 1.00 e. The van der Waals surface area contributed by atoms with Crippen molar-refractivity contribution in [1.29, 1.82) is 0 Å². The Morgan fingerprint density at radius 2 is 0.748 bits per heavy atom. The lowest BCUT2D eigenvalue weighted by Gasteiger charge is -2.20. The first-order valence-corrected chi connectivity index (χ1v) is 37.0. The molecule has 28 heteroatoms. The van der Waals surface area contributed by atoms with E-state index in [0.717, 1.165) is 114 Å². The number of ether oxygens (including phenoxy) is 1. The number of carbonyl (C=O) groups excluding carboxylic acids is 4. The van der Waals surface area contributed by atoms with Crippen molar-refractivity contribution in [2.45, 2.75) is 112 Å². The zero-order chi connectivity index (χ0) is 78.0. The van der Waals surface area contributed by atoms with Crippen molar-refractivity contribution in [3.05, 3.63) is 240 Å². The minimum atomic E-state index is -0.987. The third-order valence-corrected chi connectivity index (χ3v) is 18.1. The van der Waals surface area contributed by atoms with Crippen LogP contribution in [0.5, 0.6) is 0 Å². The van der Waals surface area contributed by atoms with Crippen LogP contribution in [0.15, 0.2) is 194 Å². The molecule has 4 heterocycles. The van der Waals surface area contributed by atoms with Crippen LogP contribution in [0.2, 0.25) is 0 Å². The van der Waals surface area contributed by atoms with Gasteiger partial charge in [-0.2, -0.15) is 0 Å². The molecule has 4 amide bonds. The standard InChI is InChI=1S/C25H30FN3O3.C19H17Cl2FN2O.C19H19ClFN3O.C15H10FNO2.C6H15N.3CH4.ClH.3H3N/c1-16(11-12-27-24(31)32-25(2,3)4)15-28-23(30)22-14-19-6-5-18(13-21(19)29-22)17-7-9-20(26)10-8-17;20-8-7-15(21)11-23-19(25)18-10-14-2-1-13(9-17(14)24-18)12-3-5-16(22)6-4-12;20-15(7-8-22)11-23-19(25)18-10-14-2-1-13(9-17(14)24-18)12-3-5-16(21)6-4-12;16-12-5-3-9(4-6-12)10-1-2-11-8-14(15(18)19)17-13(11)7-10;1-3-4-6(2)5-7;;;;;;;/h5-10,13-14,16,29H,11-12,15H2,1-4H3,(H,27,31)(H,28,30);1-6,9-10,15,24H,7-8,11H2,(H,23,25);1-6,9-10,15,24H,7-8,11,22H2,(H,23,25);1-8,17H,(H,18,19);6H,3-5,7H2,1-2H3;3*1H4;1H;3*1H3/t16-;2*15-;;6-;;;;;;;/m000.0......./s1. The van der Waals surface area contributed by atoms with Crippen LogP contribution >= 0.6 is 34.8 Å². The summed E-state index contributed by atoms with van der Waals surface area (Å²) in [5, 5.41) is 23.5. The van der Waals surface area contributed by atoms with Crippen molar-refractivity contribution in [2.75, 3.05) is 45.1 Å². The Bertz CT molecular complexity index is 4800. The van der Waals surface area contributed by atoms with Gasteiger partial charge in [-0.1, -0.05) is 147 Å². The number of aromatic nitrogens is 4. The lowest BCUT2D eigenvalue weighted by Crippen LogP contribution is -3.00. The van der Waals surface area contributed by atoms with Crippen LogP contribution in [0.3, 0.4) is 0 Å². The number of fused-ring (bicyclic) bond motifs is 4. The molecule has 0 fully saturated rings. The SMILES string of the molecule is C.C.C.CCC[C@H](C)CN.C[C@@H](CCNC(=O)OC(C)(C)C)CNC(=O)c1cc2ccc(-c3ccc(F)cc3)cc2[nH]1.N.N.N.O=C(NC[C@@H](Cl)CCCl)c1cc2ccc(-c3ccc(F)cc3)cc2[nH]1.O=C(O)c1cc2ccc(-c3ccc(F)cc3)cc2[nH]1.[Cl-].[NH3+]CC[C@H](Cl)CNC(=O)c1cc2ccc(-c3ccc(F)cc3)cc2[nH]1. The van der Waals surface area contributed by atoms with Gasteiger partial charge in [0.15, 0.2) is 0 Å². The van der Waals surface area contributed by atoms with Crippen LogP contribution in [0.25, 0.3) is 88.1 Å². The van der Waals surface area contributed by atoms with Gasteiger partial charge in [0.05, 0.1) is 17.3 Å². The van der Waals surface area contributed by atoms with Gasteiger partial charge in [0.1, 0.15) is 51.6 Å². The van der Waals surface area contributed by atoms with Gasteiger partial charge in [0.2, 0.25) is 0 Å². The first-order valence-electron chi connectivity index (χ1n) is 35.6. The van der Waals surface area contributed by atoms with Gasteiger partial charge in [-0.3, -0.25) is 14.4 Å². The maximum atomic E-state index is 13.2. The normalized spacial score (nSPS) is 11.4. The monoisotopic (exact) mass is 1670 g/mol. The Morgan fingerprint density at radius 1 is 0.452 bits per heavy atom. The summed E-state index contributed by atoms with van der Waals surface area (Å²) in [6, 6.07) is 55.2. The highest BCUT2D eigenvalue weighted by Crippen LogP contribution is 2.30. The van der Waals surface area contributed by atoms with Crippen LogP contribution in [-0.2, 0) is 4.74 Å². The highest BCUT2D eigenvalue weighted by molar-refractivity contribution is 6.22. The number of hydrogen-bond donors (Lipinski definition) is 14. The third-order valence-electron chi connectivity index (χ3n) is 17.2. The zero-order valence-corrected chi connectivity index (χ0v) is 66.6. The van der Waals surface area contributed by atoms with Crippen molar-refractivity contribution in [1.82, 2.24) is 59.7 Å². The molecule has 23 N–H and O–H groups in total. The molecular weight excluding hydrogens is 1560 g/mol. The molecule has 20 nitrogen and oxygen atoms in total. The second-order valence-corrected chi connectivity index (χ2v) is 28.8. The van der Waals surface area contributed by atoms with E-state index in [4.69, 9.17) is 50.4 Å². The number of alkyl carbamates (subject to hydrolysis) is 1. The van der Waals surface area contributed by atoms with E-state index >= 15 is 0 Å². The summed E-state index contributed by atoms with van der Waals surface area (Å²) in [5.41, 5.74) is 20.9. The number of carboxylic acid groups (broad SMARTS) is 1. The topological polar surface area (TPSA) is 385 Å². The number of quaternary nitrogens is 1. The number of rotatable bonds is 24. The number of carbonyl (C=O) groups is 5. The number of benzene rings is 8. The summed E-state index contributed by atoms with van der Waals surface area (Å²) < 4.78 is 57.4. The van der Waals surface area contributed by atoms with Crippen molar-refractivity contribution in [3.63, 3.8) is 0 Å². The van der Waals surface area contributed by atoms with Gasteiger partial charge in [-0.15, -0.1) is 34.8 Å². The molecular formula is C87H113Cl4F4N13O7. The molecule has 0 radical (unpaired) electrons. The Kier molecular flexibility index (Phi) is 44.8. The first kappa shape index (κ1) is 103. The molecule has 0 unspecified atom stereocenters. The smallest absolute Gasteiger partial charge is 0.407 e. The van der Waals surface area contributed by atoms with E-state index in [2.05, 4.69) is 60.8 Å². The number of hydrogen-bond acceptors (Lipinski definition) is 10. The Labute approximate surface area is 692 Å². The van der Waals surface area contributed by atoms with E-state index in [0.29, 0.717) is 62.0 Å². The predicted octanol–water partition coefficient (Wildman–Crippen LogP) is 17.6. The highest BCUT2D eigenvalue weighted by atomic mass is 35.5. The number of carboxylic acids is 1. The number of aromatic carboxylic acids is 1. The number of nitrogens with two attached hydrogens (primary N) is 1. The lowest BCUT2D eigenvalue weighted by molar-refractivity contribution is -0.368. The zero-order valence-electron chi connectivity index (χ0n) is 63.6. The van der Waals surface area contributed by atoms with Gasteiger partial charge >= 0.3 is 12.1 Å². The molecule has 8 aromatic carbocycles. The molecule has 4 atom stereocenters. The summed E-state index contributed by atoms with van der Waals surface area (Å²) in [4.78, 5) is 71.9. The number of aromatic amines is 4. The number of halogens is 8. The van der Waals surface area contributed by atoms with Crippen molar-refractivity contribution in [3.8, 4) is 44.5 Å². The minimum Gasteiger partial charge on any atom is -1.00 e. The number of H-pyrrole nitrogens is 4. The summed E-state index contributed by atoms with van der Waals surface area (Å²) in [6.45, 7) is 15.2. The quantitative estimate of drug-likeness (QED) is 0.0199. The molecule has 624 valence electrons. The highest BCUT2D eigenvalue weighted by Gasteiger charge is 2.19. The van der Waals surface area contributed by atoms with Crippen LogP contribution < -0.4 is 63.6 Å². The number of amides is 4. The van der Waals surface area contributed by atoms with Crippen LogP contribution in [0.1, 0.15) is 138 Å². The Hall–Kier alpha value is -10.3. The molecule has 0 aliphatic heterocycles. The third kappa shape index (κ3) is 32.2. The van der Waals surface area contributed by atoms with E-state index in [1.54, 1.807) is 60.7 Å². The van der Waals surface area contributed by atoms with Crippen molar-refractivity contribution >= 4 is 108 Å². The van der Waals surface area contributed by atoms with Crippen LogP contribution in [0, 0.1) is 35.1 Å². The van der Waals surface area contributed by atoms with Gasteiger partial charge in [-0.25, -0.2) is 27.2 Å². The van der Waals surface area contributed by atoms with Crippen LogP contribution in [0.4, 0.5) is 22.4 Å². The minimum absolute atomic E-state index is 0. The molecule has 12 aromatic rings. The second kappa shape index (κ2) is 50.2. The van der Waals surface area contributed by atoms with Crippen molar-refractivity contribution < 1.29 is 69.5 Å². The molecule has 0 saturated heterocycles. The Balaban J connectivity index is 0.000000738. The fourth-order valence-corrected chi connectivity index (χ4v) is 12.0. The summed E-state index contributed by atoms with van der Waals surface area (Å²) in [5.74, 6) is -1.28. The molecule has 0 bridgehead atoms. The summed E-state index contributed by atoms with van der Waals surface area (Å²) in [6.07, 6.45) is 4.21. The fraction of sp³-hybridized carbons (Fsp3) is 0.299. The lowest BCUT2D eigenvalue weighted by atomic mass is 10.0. The van der Waals surface area contributed by atoms with Crippen molar-refractivity contribution in [2.24, 2.45) is 17.6 Å². The molecule has 115 heavy (non-hydrogen) atoms. The average Bonchev–Trinajstić information content (AvgIpc) is 1.69. The molecule has 0 aliphatic carbocycles.